The van der Waals surface area contributed by atoms with Crippen LogP contribution in [0.25, 0.3) is 0 Å². The van der Waals surface area contributed by atoms with Gasteiger partial charge in [0, 0.05) is 70.8 Å². The highest BCUT2D eigenvalue weighted by atomic mass is 16.2. The summed E-state index contributed by atoms with van der Waals surface area (Å²) in [5.74, 6) is 0.0275. The lowest BCUT2D eigenvalue weighted by Gasteiger charge is -2.37. The quantitative estimate of drug-likeness (QED) is 0.534. The molecule has 0 atom stereocenters. The smallest absolute Gasteiger partial charge is 0.317 e. The van der Waals surface area contributed by atoms with Crippen LogP contribution in [0, 0.1) is 0 Å². The van der Waals surface area contributed by atoms with E-state index in [0.29, 0.717) is 31.9 Å². The van der Waals surface area contributed by atoms with E-state index in [1.165, 1.54) is 11.3 Å². The average Bonchev–Trinajstić information content (AvgIpc) is 3.61. The van der Waals surface area contributed by atoms with Crippen molar-refractivity contribution >= 4 is 17.6 Å². The molecule has 2 aliphatic rings. The van der Waals surface area contributed by atoms with Gasteiger partial charge >= 0.3 is 6.03 Å². The van der Waals surface area contributed by atoms with Gasteiger partial charge in [0.25, 0.3) is 5.91 Å². The summed E-state index contributed by atoms with van der Waals surface area (Å²) in [7, 11) is 1.88. The van der Waals surface area contributed by atoms with Gasteiger partial charge in [-0.3, -0.25) is 9.48 Å². The Morgan fingerprint density at radius 1 is 0.973 bits per heavy atom. The second kappa shape index (κ2) is 11.5. The molecule has 0 bridgehead atoms. The molecule has 3 amide bonds. The van der Waals surface area contributed by atoms with Crippen molar-refractivity contribution in [2.24, 2.45) is 7.05 Å². The highest BCUT2D eigenvalue weighted by Crippen LogP contribution is 2.21. The Bertz CT molecular complexity index is 1160. The molecule has 10 nitrogen and oxygen atoms in total. The Morgan fingerprint density at radius 2 is 1.70 bits per heavy atom. The Balaban J connectivity index is 1.02. The fourth-order valence-corrected chi connectivity index (χ4v) is 5.17. The van der Waals surface area contributed by atoms with Gasteiger partial charge in [-0.2, -0.15) is 5.10 Å². The number of hydrogen-bond donors (Lipinski definition) is 1. The Morgan fingerprint density at radius 3 is 2.35 bits per heavy atom. The lowest BCUT2D eigenvalue weighted by Crippen LogP contribution is -2.55. The topological polar surface area (TPSA) is 91.5 Å². The molecule has 0 saturated carbocycles. The second-order valence-corrected chi connectivity index (χ2v) is 9.92. The van der Waals surface area contributed by atoms with E-state index in [4.69, 9.17) is 0 Å². The number of aryl methyl sites for hydroxylation is 3. The van der Waals surface area contributed by atoms with Crippen LogP contribution >= 0.6 is 0 Å². The first-order valence-corrected chi connectivity index (χ1v) is 13.2. The molecule has 1 N–H and O–H groups in total. The van der Waals surface area contributed by atoms with Crippen molar-refractivity contribution in [1.29, 1.82) is 0 Å². The number of piperazine rings is 1. The number of nitrogens with one attached hydrogen (secondary N) is 1. The van der Waals surface area contributed by atoms with Crippen LogP contribution in [-0.4, -0.2) is 86.4 Å². The van der Waals surface area contributed by atoms with Crippen LogP contribution < -0.4 is 10.2 Å². The number of anilines is 1. The molecule has 0 radical (unpaired) electrons. The van der Waals surface area contributed by atoms with Crippen LogP contribution in [0.4, 0.5) is 10.5 Å². The van der Waals surface area contributed by atoms with Crippen LogP contribution in [0.1, 0.15) is 35.3 Å². The Labute approximate surface area is 217 Å². The minimum atomic E-state index is -0.0142. The number of piperidine rings is 1. The lowest BCUT2D eigenvalue weighted by molar-refractivity contribution is 0.0653. The van der Waals surface area contributed by atoms with Gasteiger partial charge in [-0.1, -0.05) is 12.1 Å². The third-order valence-corrected chi connectivity index (χ3v) is 7.46. The zero-order valence-electron chi connectivity index (χ0n) is 21.5. The van der Waals surface area contributed by atoms with Crippen molar-refractivity contribution < 1.29 is 9.59 Å². The molecule has 2 saturated heterocycles. The third kappa shape index (κ3) is 6.12. The number of amides is 3. The molecule has 3 aromatic rings. The summed E-state index contributed by atoms with van der Waals surface area (Å²) in [5.41, 5.74) is 3.25. The van der Waals surface area contributed by atoms with E-state index in [2.05, 4.69) is 44.6 Å². The minimum Gasteiger partial charge on any atom is -0.371 e. The number of urea groups is 1. The summed E-state index contributed by atoms with van der Waals surface area (Å²) in [6.07, 6.45) is 9.11. The molecule has 1 aromatic carbocycles. The summed E-state index contributed by atoms with van der Waals surface area (Å²) in [5, 5.41) is 7.38. The second-order valence-electron chi connectivity index (χ2n) is 9.92. The first kappa shape index (κ1) is 24.9. The number of rotatable bonds is 7. The van der Waals surface area contributed by atoms with Gasteiger partial charge < -0.3 is 24.6 Å². The lowest BCUT2D eigenvalue weighted by atomic mass is 10.0. The predicted molar refractivity (Wildman–Crippen MR) is 141 cm³/mol. The van der Waals surface area contributed by atoms with Crippen molar-refractivity contribution in [3.8, 4) is 0 Å². The predicted octanol–water partition coefficient (Wildman–Crippen LogP) is 2.39. The normalized spacial score (nSPS) is 16.7. The average molecular weight is 505 g/mol. The largest absolute Gasteiger partial charge is 0.371 e. The third-order valence-electron chi connectivity index (χ3n) is 7.46. The number of aromatic nitrogens is 4. The van der Waals surface area contributed by atoms with E-state index in [1.54, 1.807) is 12.7 Å². The maximum Gasteiger partial charge on any atom is 0.317 e. The first-order chi connectivity index (χ1) is 18.1. The van der Waals surface area contributed by atoms with Crippen molar-refractivity contribution in [2.75, 3.05) is 44.2 Å². The van der Waals surface area contributed by atoms with E-state index in [1.807, 2.05) is 44.4 Å². The minimum absolute atomic E-state index is 0.0142. The summed E-state index contributed by atoms with van der Waals surface area (Å²) < 4.78 is 3.70. The molecule has 2 aromatic heterocycles. The van der Waals surface area contributed by atoms with Crippen LogP contribution in [0.5, 0.6) is 0 Å². The highest BCUT2D eigenvalue weighted by molar-refractivity contribution is 5.93. The fourth-order valence-electron chi connectivity index (χ4n) is 5.17. The molecule has 10 heteroatoms. The van der Waals surface area contributed by atoms with Gasteiger partial charge in [-0.05, 0) is 55.5 Å². The number of benzene rings is 1. The molecule has 2 aliphatic heterocycles. The number of hydrogen-bond acceptors (Lipinski definition) is 5. The molecule has 196 valence electrons. The van der Waals surface area contributed by atoms with Crippen LogP contribution in [-0.2, 0) is 20.0 Å². The first-order valence-electron chi connectivity index (χ1n) is 13.2. The maximum absolute atomic E-state index is 12.9. The molecule has 37 heavy (non-hydrogen) atoms. The number of carbonyl (C=O) groups is 2. The van der Waals surface area contributed by atoms with Gasteiger partial charge in [0.15, 0.2) is 0 Å². The Hall–Kier alpha value is -3.82. The van der Waals surface area contributed by atoms with E-state index in [-0.39, 0.29) is 18.0 Å². The summed E-state index contributed by atoms with van der Waals surface area (Å²) in [6.45, 7) is 4.98. The van der Waals surface area contributed by atoms with Crippen LogP contribution in [0.15, 0.2) is 55.2 Å². The maximum atomic E-state index is 12.9. The summed E-state index contributed by atoms with van der Waals surface area (Å²) in [6, 6.07) is 12.7. The molecule has 2 fully saturated rings. The van der Waals surface area contributed by atoms with E-state index < -0.39 is 0 Å². The van der Waals surface area contributed by atoms with E-state index in [9.17, 15) is 9.59 Å². The van der Waals surface area contributed by atoms with Gasteiger partial charge in [-0.15, -0.1) is 0 Å². The van der Waals surface area contributed by atoms with Crippen molar-refractivity contribution in [2.45, 2.75) is 38.3 Å². The van der Waals surface area contributed by atoms with E-state index in [0.717, 1.165) is 45.3 Å². The van der Waals surface area contributed by atoms with Gasteiger partial charge in [0.1, 0.15) is 18.3 Å². The van der Waals surface area contributed by atoms with Gasteiger partial charge in [-0.25, -0.2) is 9.78 Å². The fraction of sp³-hybridized carbons (Fsp3) is 0.481. The standard InChI is InChI=1S/C27H36N8O2/c1-31-12-3-5-25(31)26(36)33-16-18-34(19-17-33)27(37)30-23-10-14-32(15-11-23)24-8-6-22(7-9-24)4-2-13-35-21-28-20-29-35/h3,5-9,12,20-21,23H,2,4,10-11,13-19H2,1H3,(H,30,37). The Kier molecular flexibility index (Phi) is 7.72. The summed E-state index contributed by atoms with van der Waals surface area (Å²) >= 11 is 0. The molecular formula is C27H36N8O2. The van der Waals surface area contributed by atoms with Crippen molar-refractivity contribution in [1.82, 2.24) is 34.4 Å². The molecular weight excluding hydrogens is 468 g/mol. The number of nitrogens with zero attached hydrogens (tertiary/aromatic N) is 7. The van der Waals surface area contributed by atoms with Crippen LogP contribution in [0.2, 0.25) is 0 Å². The molecule has 4 heterocycles. The zero-order chi connectivity index (χ0) is 25.6. The van der Waals surface area contributed by atoms with Gasteiger partial charge in [0.05, 0.1) is 0 Å². The SMILES string of the molecule is Cn1cccc1C(=O)N1CCN(C(=O)NC2CCN(c3ccc(CCCn4cncn4)cc3)CC2)CC1. The molecule has 0 unspecified atom stereocenters. The molecule has 5 rings (SSSR count). The summed E-state index contributed by atoms with van der Waals surface area (Å²) in [4.78, 5) is 35.6. The van der Waals surface area contributed by atoms with Crippen LogP contribution in [0.3, 0.4) is 0 Å². The number of carbonyl (C=O) groups excluding carboxylic acids is 2. The van der Waals surface area contributed by atoms with Gasteiger partial charge in [0.2, 0.25) is 0 Å². The van der Waals surface area contributed by atoms with Crippen molar-refractivity contribution in [3.05, 3.63) is 66.5 Å². The van der Waals surface area contributed by atoms with E-state index >= 15 is 0 Å². The molecule has 0 aliphatic carbocycles. The van der Waals surface area contributed by atoms with Crippen molar-refractivity contribution in [3.63, 3.8) is 0 Å². The monoisotopic (exact) mass is 504 g/mol. The molecule has 0 spiro atoms. The zero-order valence-corrected chi connectivity index (χ0v) is 21.5. The highest BCUT2D eigenvalue weighted by Gasteiger charge is 2.28.